The topological polar surface area (TPSA) is 75.4 Å². The second-order valence-corrected chi connectivity index (χ2v) is 8.42. The summed E-state index contributed by atoms with van der Waals surface area (Å²) in [5.41, 5.74) is 0.660. The molecule has 6 nitrogen and oxygen atoms in total. The predicted molar refractivity (Wildman–Crippen MR) is 102 cm³/mol. The van der Waals surface area contributed by atoms with Gasteiger partial charge in [0.25, 0.3) is 5.91 Å². The lowest BCUT2D eigenvalue weighted by atomic mass is 9.79. The number of nitrogens with one attached hydrogen (secondary N) is 1. The highest BCUT2D eigenvalue weighted by Crippen LogP contribution is 2.32. The number of piperidine rings is 3. The van der Waals surface area contributed by atoms with Gasteiger partial charge >= 0.3 is 0 Å². The minimum Gasteiger partial charge on any atom is -0.352 e. The predicted octanol–water partition coefficient (Wildman–Crippen LogP) is 3.24. The number of fused-ring (bicyclic) bond motifs is 3. The van der Waals surface area contributed by atoms with Gasteiger partial charge in [0.1, 0.15) is 5.03 Å². The summed E-state index contributed by atoms with van der Waals surface area (Å²) >= 11 is 1.40. The van der Waals surface area contributed by atoms with Crippen LogP contribution in [0.4, 0.5) is 0 Å². The third-order valence-electron chi connectivity index (χ3n) is 5.65. The van der Waals surface area contributed by atoms with E-state index in [1.54, 1.807) is 6.07 Å². The number of Topliss-reactive ketones (excluding diaryl/α,β-unsaturated/α-hetero) is 1. The van der Waals surface area contributed by atoms with Crippen LogP contribution in [0.3, 0.4) is 0 Å². The molecule has 3 aliphatic heterocycles. The third kappa shape index (κ3) is 3.80. The number of amides is 1. The van der Waals surface area contributed by atoms with Gasteiger partial charge in [-0.15, -0.1) is 0 Å². The first-order chi connectivity index (χ1) is 13.0. The van der Waals surface area contributed by atoms with Gasteiger partial charge in [-0.3, -0.25) is 14.5 Å². The number of carbonyl (C=O) groups excluding carboxylic acids is 2. The monoisotopic (exact) mass is 385 g/mol. The van der Waals surface area contributed by atoms with Gasteiger partial charge in [0.05, 0.1) is 0 Å². The van der Waals surface area contributed by atoms with E-state index in [0.717, 1.165) is 18.0 Å². The lowest BCUT2D eigenvalue weighted by molar-refractivity contribution is 0.0217. The minimum absolute atomic E-state index is 0.0162. The van der Waals surface area contributed by atoms with Gasteiger partial charge in [-0.1, -0.05) is 16.9 Å². The molecule has 0 spiro atoms. The van der Waals surface area contributed by atoms with E-state index in [-0.39, 0.29) is 23.5 Å². The normalized spacial score (nSPS) is 26.7. The number of hydrogen-bond donors (Lipinski definition) is 1. The molecule has 3 fully saturated rings. The van der Waals surface area contributed by atoms with Crippen molar-refractivity contribution in [2.75, 3.05) is 13.1 Å². The van der Waals surface area contributed by atoms with E-state index in [9.17, 15) is 9.59 Å². The zero-order valence-corrected chi connectivity index (χ0v) is 16.3. The Morgan fingerprint density at radius 2 is 1.93 bits per heavy atom. The summed E-state index contributed by atoms with van der Waals surface area (Å²) in [7, 11) is 0. The van der Waals surface area contributed by atoms with Crippen molar-refractivity contribution >= 4 is 23.5 Å². The van der Waals surface area contributed by atoms with Crippen molar-refractivity contribution in [2.45, 2.75) is 48.7 Å². The zero-order valence-electron chi connectivity index (χ0n) is 15.5. The van der Waals surface area contributed by atoms with Crippen molar-refractivity contribution in [3.8, 4) is 0 Å². The molecule has 0 radical (unpaired) electrons. The van der Waals surface area contributed by atoms with Crippen LogP contribution in [0.2, 0.25) is 0 Å². The van der Waals surface area contributed by atoms with Crippen LogP contribution in [-0.2, 0) is 0 Å². The first-order valence-electron chi connectivity index (χ1n) is 9.32. The summed E-state index contributed by atoms with van der Waals surface area (Å²) < 4.78 is 4.99. The first-order valence-corrected chi connectivity index (χ1v) is 10.1. The van der Waals surface area contributed by atoms with E-state index < -0.39 is 0 Å². The lowest BCUT2D eigenvalue weighted by Crippen LogP contribution is -2.62. The molecular formula is C20H23N3O3S. The Morgan fingerprint density at radius 3 is 2.52 bits per heavy atom. The fourth-order valence-corrected chi connectivity index (χ4v) is 4.80. The minimum atomic E-state index is -0.150. The van der Waals surface area contributed by atoms with Crippen molar-refractivity contribution in [1.29, 1.82) is 0 Å². The standard InChI is InChI=1S/C20H23N3O3S/c1-12-19(14-7-9-23(12)10-8-14)21-20(25)15-3-5-16(6-4-15)27-18-11-17(13(2)24)26-22-18/h3-6,11-12,14,19H,7-10H2,1-2H3,(H,21,25). The molecule has 2 atom stereocenters. The van der Waals surface area contributed by atoms with Crippen LogP contribution in [0.15, 0.2) is 44.8 Å². The molecule has 2 unspecified atom stereocenters. The number of aromatic nitrogens is 1. The summed E-state index contributed by atoms with van der Waals surface area (Å²) in [5, 5.41) is 7.75. The average Bonchev–Trinajstić information content (AvgIpc) is 3.14. The fraction of sp³-hybridized carbons (Fsp3) is 0.450. The highest BCUT2D eigenvalue weighted by molar-refractivity contribution is 7.99. The number of ketones is 1. The molecule has 142 valence electrons. The maximum Gasteiger partial charge on any atom is 0.251 e. The van der Waals surface area contributed by atoms with E-state index in [4.69, 9.17) is 4.52 Å². The second kappa shape index (κ2) is 7.48. The molecule has 0 aliphatic carbocycles. The van der Waals surface area contributed by atoms with Crippen molar-refractivity contribution in [1.82, 2.24) is 15.4 Å². The Kier molecular flexibility index (Phi) is 5.06. The van der Waals surface area contributed by atoms with Gasteiger partial charge in [0, 0.05) is 35.5 Å². The van der Waals surface area contributed by atoms with Crippen LogP contribution >= 0.6 is 11.8 Å². The van der Waals surface area contributed by atoms with Crippen molar-refractivity contribution in [3.05, 3.63) is 41.7 Å². The van der Waals surface area contributed by atoms with E-state index in [1.807, 2.05) is 24.3 Å². The van der Waals surface area contributed by atoms with Gasteiger partial charge in [-0.05, 0) is 63.0 Å². The summed E-state index contributed by atoms with van der Waals surface area (Å²) in [6.45, 7) is 5.95. The largest absolute Gasteiger partial charge is 0.352 e. The Bertz CT molecular complexity index is 838. The number of nitrogens with zero attached hydrogens (tertiary/aromatic N) is 2. The molecule has 4 heterocycles. The molecule has 5 rings (SSSR count). The highest BCUT2D eigenvalue weighted by Gasteiger charge is 2.40. The summed E-state index contributed by atoms with van der Waals surface area (Å²) in [6.07, 6.45) is 2.34. The van der Waals surface area contributed by atoms with Crippen LogP contribution in [-0.4, -0.2) is 46.9 Å². The Balaban J connectivity index is 1.39. The molecule has 1 amide bonds. The van der Waals surface area contributed by atoms with Crippen molar-refractivity contribution < 1.29 is 14.1 Å². The number of benzene rings is 1. The highest BCUT2D eigenvalue weighted by atomic mass is 32.2. The van der Waals surface area contributed by atoms with E-state index >= 15 is 0 Å². The summed E-state index contributed by atoms with van der Waals surface area (Å²) in [4.78, 5) is 27.4. The molecule has 3 saturated heterocycles. The molecule has 1 aromatic heterocycles. The van der Waals surface area contributed by atoms with E-state index in [1.165, 1.54) is 31.5 Å². The van der Waals surface area contributed by atoms with Gasteiger partial charge in [0.15, 0.2) is 5.78 Å². The molecule has 2 bridgehead atoms. The van der Waals surface area contributed by atoms with Gasteiger partial charge < -0.3 is 9.84 Å². The van der Waals surface area contributed by atoms with Gasteiger partial charge in [-0.2, -0.15) is 0 Å². The van der Waals surface area contributed by atoms with Crippen molar-refractivity contribution in [3.63, 3.8) is 0 Å². The van der Waals surface area contributed by atoms with E-state index in [2.05, 4.69) is 22.3 Å². The van der Waals surface area contributed by atoms with Crippen LogP contribution in [0.1, 0.15) is 47.6 Å². The first kappa shape index (κ1) is 18.3. The number of rotatable bonds is 5. The quantitative estimate of drug-likeness (QED) is 0.797. The maximum atomic E-state index is 12.7. The van der Waals surface area contributed by atoms with Crippen molar-refractivity contribution in [2.24, 2.45) is 5.92 Å². The van der Waals surface area contributed by atoms with Crippen LogP contribution < -0.4 is 5.32 Å². The van der Waals surface area contributed by atoms with Gasteiger partial charge in [-0.25, -0.2) is 0 Å². The average molecular weight is 385 g/mol. The Hall–Kier alpha value is -2.12. The van der Waals surface area contributed by atoms with Gasteiger partial charge in [0.2, 0.25) is 5.76 Å². The SMILES string of the molecule is CC(=O)c1cc(Sc2ccc(C(=O)NC3C4CCN(CC4)C3C)cc2)no1. The summed E-state index contributed by atoms with van der Waals surface area (Å²) in [5.74, 6) is 0.673. The molecule has 0 saturated carbocycles. The Morgan fingerprint density at radius 1 is 1.22 bits per heavy atom. The molecule has 3 aliphatic rings. The van der Waals surface area contributed by atoms with Crippen LogP contribution in [0.25, 0.3) is 0 Å². The van der Waals surface area contributed by atoms with E-state index in [0.29, 0.717) is 22.5 Å². The van der Waals surface area contributed by atoms with Crippen LogP contribution in [0, 0.1) is 5.92 Å². The molecule has 1 N–H and O–H groups in total. The van der Waals surface area contributed by atoms with Crippen LogP contribution in [0.5, 0.6) is 0 Å². The zero-order chi connectivity index (χ0) is 19.0. The molecule has 1 aromatic carbocycles. The maximum absolute atomic E-state index is 12.7. The number of hydrogen-bond acceptors (Lipinski definition) is 6. The summed E-state index contributed by atoms with van der Waals surface area (Å²) in [6, 6.07) is 9.70. The second-order valence-electron chi connectivity index (χ2n) is 7.33. The number of carbonyl (C=O) groups is 2. The lowest BCUT2D eigenvalue weighted by Gasteiger charge is -2.49. The third-order valence-corrected chi connectivity index (χ3v) is 6.56. The Labute approximate surface area is 162 Å². The molecular weight excluding hydrogens is 362 g/mol. The fourth-order valence-electron chi connectivity index (χ4n) is 4.05. The molecule has 2 aromatic rings. The molecule has 7 heteroatoms. The smallest absolute Gasteiger partial charge is 0.251 e. The molecule has 27 heavy (non-hydrogen) atoms.